The molecule has 0 unspecified atom stereocenters. The van der Waals surface area contributed by atoms with Gasteiger partial charge in [0.25, 0.3) is 0 Å². The summed E-state index contributed by atoms with van der Waals surface area (Å²) in [6.45, 7) is 6.72. The molecule has 0 amide bonds. The quantitative estimate of drug-likeness (QED) is 0.311. The maximum atomic E-state index is 12.1. The molecule has 7 heteroatoms. The molecule has 0 N–H and O–H groups in total. The van der Waals surface area contributed by atoms with E-state index in [4.69, 9.17) is 18.9 Å². The average Bonchev–Trinajstić information content (AvgIpc) is 2.69. The van der Waals surface area contributed by atoms with Crippen LogP contribution in [0, 0.1) is 0 Å². The second-order valence-electron chi connectivity index (χ2n) is 7.55. The lowest BCUT2D eigenvalue weighted by Crippen LogP contribution is -2.19. The normalized spacial score (nSPS) is 11.2. The third-order valence-corrected chi connectivity index (χ3v) is 4.78. The number of benzene rings is 3. The molecule has 3 aromatic rings. The third kappa shape index (κ3) is 5.67. The number of fused-ring (bicyclic) bond motifs is 2. The van der Waals surface area contributed by atoms with E-state index in [0.29, 0.717) is 11.5 Å². The number of rotatable bonds is 8. The highest BCUT2D eigenvalue weighted by Crippen LogP contribution is 2.43. The molecular weight excluding hydrogens is 464 g/mol. The SMILES string of the molecule is CC(C)OC(=O)COc1c2ccccc2c(OCC(=O)OC(C)C)c2cc(Br)ccc12. The fourth-order valence-electron chi connectivity index (χ4n) is 3.24. The number of carbonyl (C=O) groups is 2. The van der Waals surface area contributed by atoms with Gasteiger partial charge >= 0.3 is 11.9 Å². The molecule has 0 saturated carbocycles. The van der Waals surface area contributed by atoms with Gasteiger partial charge in [-0.05, 0) is 45.9 Å². The summed E-state index contributed by atoms with van der Waals surface area (Å²) in [4.78, 5) is 24.1. The first-order valence-electron chi connectivity index (χ1n) is 10.0. The molecule has 0 aliphatic rings. The summed E-state index contributed by atoms with van der Waals surface area (Å²) in [5.41, 5.74) is 0. The summed E-state index contributed by atoms with van der Waals surface area (Å²) in [5.74, 6) is 0.209. The van der Waals surface area contributed by atoms with Crippen molar-refractivity contribution in [2.24, 2.45) is 0 Å². The molecular formula is C24H25BrO6. The molecule has 3 aromatic carbocycles. The smallest absolute Gasteiger partial charge is 0.344 e. The molecule has 0 heterocycles. The number of carbonyl (C=O) groups excluding carboxylic acids is 2. The minimum absolute atomic E-state index is 0.214. The van der Waals surface area contributed by atoms with E-state index in [2.05, 4.69) is 15.9 Å². The molecule has 6 nitrogen and oxygen atoms in total. The van der Waals surface area contributed by atoms with E-state index in [1.54, 1.807) is 27.7 Å². The van der Waals surface area contributed by atoms with Gasteiger partial charge in [-0.15, -0.1) is 0 Å². The van der Waals surface area contributed by atoms with E-state index in [9.17, 15) is 9.59 Å². The van der Waals surface area contributed by atoms with Crippen molar-refractivity contribution in [1.29, 1.82) is 0 Å². The minimum Gasteiger partial charge on any atom is -0.481 e. The Morgan fingerprint density at radius 3 is 1.68 bits per heavy atom. The van der Waals surface area contributed by atoms with Crippen molar-refractivity contribution in [2.45, 2.75) is 39.9 Å². The Morgan fingerprint density at radius 1 is 0.742 bits per heavy atom. The van der Waals surface area contributed by atoms with Gasteiger partial charge in [-0.2, -0.15) is 0 Å². The fraction of sp³-hybridized carbons (Fsp3) is 0.333. The van der Waals surface area contributed by atoms with Gasteiger partial charge in [-0.1, -0.05) is 40.2 Å². The van der Waals surface area contributed by atoms with E-state index >= 15 is 0 Å². The van der Waals surface area contributed by atoms with Crippen LogP contribution in [0.4, 0.5) is 0 Å². The molecule has 0 atom stereocenters. The predicted octanol–water partition coefficient (Wildman–Crippen LogP) is 5.42. The second kappa shape index (κ2) is 10.0. The topological polar surface area (TPSA) is 71.1 Å². The van der Waals surface area contributed by atoms with Gasteiger partial charge in [-0.25, -0.2) is 9.59 Å². The maximum absolute atomic E-state index is 12.1. The molecule has 0 aromatic heterocycles. The fourth-order valence-corrected chi connectivity index (χ4v) is 3.60. The molecule has 0 aliphatic carbocycles. The minimum atomic E-state index is -0.445. The van der Waals surface area contributed by atoms with Gasteiger partial charge in [0.1, 0.15) is 11.5 Å². The predicted molar refractivity (Wildman–Crippen MR) is 123 cm³/mol. The lowest BCUT2D eigenvalue weighted by molar-refractivity contribution is -0.150. The van der Waals surface area contributed by atoms with Crippen LogP contribution in [-0.4, -0.2) is 37.4 Å². The molecule has 0 spiro atoms. The van der Waals surface area contributed by atoms with Crippen molar-refractivity contribution in [3.63, 3.8) is 0 Å². The molecule has 0 radical (unpaired) electrons. The first-order chi connectivity index (χ1) is 14.8. The number of hydrogen-bond acceptors (Lipinski definition) is 6. The highest BCUT2D eigenvalue weighted by molar-refractivity contribution is 9.10. The van der Waals surface area contributed by atoms with Crippen LogP contribution in [0.2, 0.25) is 0 Å². The van der Waals surface area contributed by atoms with Gasteiger partial charge in [0, 0.05) is 26.0 Å². The van der Waals surface area contributed by atoms with Crippen molar-refractivity contribution >= 4 is 49.4 Å². The molecule has 0 saturated heterocycles. The number of ether oxygens (including phenoxy) is 4. The highest BCUT2D eigenvalue weighted by Gasteiger charge is 2.19. The number of esters is 2. The van der Waals surface area contributed by atoms with E-state index in [0.717, 1.165) is 26.0 Å². The van der Waals surface area contributed by atoms with Crippen molar-refractivity contribution < 1.29 is 28.5 Å². The zero-order chi connectivity index (χ0) is 22.5. The van der Waals surface area contributed by atoms with Gasteiger partial charge in [-0.3, -0.25) is 0 Å². The van der Waals surface area contributed by atoms with Crippen LogP contribution in [-0.2, 0) is 19.1 Å². The van der Waals surface area contributed by atoms with Gasteiger partial charge in [0.2, 0.25) is 0 Å². The Bertz CT molecular complexity index is 1110. The van der Waals surface area contributed by atoms with E-state index in [1.165, 1.54) is 0 Å². The standard InChI is InChI=1S/C24H25BrO6/c1-14(2)30-21(26)12-28-23-17-7-5-6-8-18(17)24(29-13-22(27)31-15(3)4)20-11-16(25)9-10-19(20)23/h5-11,14-15H,12-13H2,1-4H3. The van der Waals surface area contributed by atoms with Crippen molar-refractivity contribution in [1.82, 2.24) is 0 Å². The van der Waals surface area contributed by atoms with Crippen LogP contribution < -0.4 is 9.47 Å². The van der Waals surface area contributed by atoms with Crippen molar-refractivity contribution in [3.05, 3.63) is 46.9 Å². The van der Waals surface area contributed by atoms with E-state index < -0.39 is 11.9 Å². The van der Waals surface area contributed by atoms with Gasteiger partial charge in [0.05, 0.1) is 12.2 Å². The lowest BCUT2D eigenvalue weighted by Gasteiger charge is -2.18. The first kappa shape index (κ1) is 22.9. The first-order valence-corrected chi connectivity index (χ1v) is 10.8. The van der Waals surface area contributed by atoms with Crippen LogP contribution in [0.25, 0.3) is 21.5 Å². The molecule has 0 aliphatic heterocycles. The van der Waals surface area contributed by atoms with Crippen LogP contribution in [0.5, 0.6) is 11.5 Å². The van der Waals surface area contributed by atoms with Gasteiger partial charge in [0.15, 0.2) is 13.2 Å². The second-order valence-corrected chi connectivity index (χ2v) is 8.46. The zero-order valence-electron chi connectivity index (χ0n) is 17.9. The molecule has 31 heavy (non-hydrogen) atoms. The van der Waals surface area contributed by atoms with Crippen molar-refractivity contribution in [3.8, 4) is 11.5 Å². The van der Waals surface area contributed by atoms with Crippen LogP contribution in [0.3, 0.4) is 0 Å². The summed E-state index contributed by atoms with van der Waals surface area (Å²) >= 11 is 3.50. The third-order valence-electron chi connectivity index (χ3n) is 4.29. The lowest BCUT2D eigenvalue weighted by atomic mass is 10.0. The Morgan fingerprint density at radius 2 is 1.19 bits per heavy atom. The Labute approximate surface area is 189 Å². The summed E-state index contributed by atoms with van der Waals surface area (Å²) in [6, 6.07) is 13.2. The largest absolute Gasteiger partial charge is 0.481 e. The summed E-state index contributed by atoms with van der Waals surface area (Å²) in [7, 11) is 0. The van der Waals surface area contributed by atoms with E-state index in [1.807, 2.05) is 42.5 Å². The molecule has 3 rings (SSSR count). The van der Waals surface area contributed by atoms with Crippen molar-refractivity contribution in [2.75, 3.05) is 13.2 Å². The molecule has 164 valence electrons. The van der Waals surface area contributed by atoms with Gasteiger partial charge < -0.3 is 18.9 Å². The highest BCUT2D eigenvalue weighted by atomic mass is 79.9. The van der Waals surface area contributed by atoms with Crippen LogP contribution in [0.1, 0.15) is 27.7 Å². The summed E-state index contributed by atoms with van der Waals surface area (Å²) < 4.78 is 23.1. The molecule has 0 bridgehead atoms. The summed E-state index contributed by atoms with van der Waals surface area (Å²) in [5, 5.41) is 3.03. The van der Waals surface area contributed by atoms with E-state index in [-0.39, 0.29) is 25.4 Å². The zero-order valence-corrected chi connectivity index (χ0v) is 19.5. The Hall–Kier alpha value is -2.80. The Kier molecular flexibility index (Phi) is 7.38. The maximum Gasteiger partial charge on any atom is 0.344 e. The number of hydrogen-bond donors (Lipinski definition) is 0. The monoisotopic (exact) mass is 488 g/mol. The average molecular weight is 489 g/mol. The molecule has 0 fully saturated rings. The number of halogens is 1. The van der Waals surface area contributed by atoms with Crippen LogP contribution >= 0.6 is 15.9 Å². The Balaban J connectivity index is 2.07. The van der Waals surface area contributed by atoms with Crippen LogP contribution in [0.15, 0.2) is 46.9 Å². The summed E-state index contributed by atoms with van der Waals surface area (Å²) in [6.07, 6.45) is -0.443.